The van der Waals surface area contributed by atoms with Crippen LogP contribution in [0.4, 0.5) is 5.69 Å². The standard InChI is InChI=1S/C30H32N2O2/c1-3-23(33)19-30(2)25-12-4-5-13-26(25)32(29(30)34)22-14-16-31(17-15-22)27-18-21-10-6-8-20-9-7-11-24(27)28(20)21/h4-13,22,27H,3,14-19H2,1-2H3/t27?,30-/m0/s1. The van der Waals surface area contributed by atoms with Crippen LogP contribution in [0.25, 0.3) is 10.8 Å². The summed E-state index contributed by atoms with van der Waals surface area (Å²) in [7, 11) is 0. The first-order chi connectivity index (χ1) is 16.5. The Hall–Kier alpha value is -2.98. The number of fused-ring (bicyclic) bond motifs is 1. The van der Waals surface area contributed by atoms with Crippen LogP contribution in [0.15, 0.2) is 60.7 Å². The molecule has 0 saturated carbocycles. The lowest BCUT2D eigenvalue weighted by molar-refractivity contribution is -0.128. The highest BCUT2D eigenvalue weighted by Crippen LogP contribution is 2.47. The minimum atomic E-state index is -0.746. The Bertz CT molecular complexity index is 1280. The van der Waals surface area contributed by atoms with Gasteiger partial charge in [0.2, 0.25) is 5.91 Å². The minimum absolute atomic E-state index is 0.104. The van der Waals surface area contributed by atoms with Gasteiger partial charge in [-0.1, -0.05) is 61.5 Å². The van der Waals surface area contributed by atoms with Crippen LogP contribution in [0.3, 0.4) is 0 Å². The first-order valence-corrected chi connectivity index (χ1v) is 12.7. The van der Waals surface area contributed by atoms with Crippen molar-refractivity contribution in [2.45, 2.75) is 63.5 Å². The Labute approximate surface area is 201 Å². The predicted molar refractivity (Wildman–Crippen MR) is 136 cm³/mol. The summed E-state index contributed by atoms with van der Waals surface area (Å²) in [5, 5.41) is 2.78. The van der Waals surface area contributed by atoms with E-state index < -0.39 is 5.41 Å². The average Bonchev–Trinajstić information content (AvgIpc) is 3.34. The van der Waals surface area contributed by atoms with Gasteiger partial charge in [-0.05, 0) is 59.7 Å². The molecule has 0 bridgehead atoms. The number of carbonyl (C=O) groups is 2. The van der Waals surface area contributed by atoms with Crippen molar-refractivity contribution in [1.29, 1.82) is 0 Å². The summed E-state index contributed by atoms with van der Waals surface area (Å²) in [6, 6.07) is 22.1. The zero-order valence-electron chi connectivity index (χ0n) is 20.1. The summed E-state index contributed by atoms with van der Waals surface area (Å²) in [6.45, 7) is 5.81. The number of likely N-dealkylation sites (tertiary alicyclic amines) is 1. The number of ketones is 1. The van der Waals surface area contributed by atoms with E-state index >= 15 is 0 Å². The zero-order chi connectivity index (χ0) is 23.4. The second kappa shape index (κ2) is 8.06. The van der Waals surface area contributed by atoms with Gasteiger partial charge in [-0.3, -0.25) is 14.5 Å². The number of amides is 1. The van der Waals surface area contributed by atoms with Crippen LogP contribution in [0.5, 0.6) is 0 Å². The second-order valence-corrected chi connectivity index (χ2v) is 10.4. The molecule has 1 fully saturated rings. The predicted octanol–water partition coefficient (Wildman–Crippen LogP) is 5.58. The number of piperidine rings is 1. The van der Waals surface area contributed by atoms with Crippen molar-refractivity contribution >= 4 is 28.2 Å². The number of hydrogen-bond donors (Lipinski definition) is 0. The Morgan fingerprint density at radius 3 is 2.50 bits per heavy atom. The lowest BCUT2D eigenvalue weighted by atomic mass is 9.79. The summed E-state index contributed by atoms with van der Waals surface area (Å²) in [6.07, 6.45) is 3.75. The second-order valence-electron chi connectivity index (χ2n) is 10.4. The SMILES string of the molecule is CCC(=O)C[C@]1(C)C(=O)N(C2CCN(C3Cc4cccc5cccc3c45)CC2)c2ccccc21. The molecule has 1 amide bonds. The van der Waals surface area contributed by atoms with Crippen LogP contribution in [0, 0.1) is 0 Å². The van der Waals surface area contributed by atoms with E-state index in [9.17, 15) is 9.59 Å². The van der Waals surface area contributed by atoms with Gasteiger partial charge in [0.15, 0.2) is 0 Å². The van der Waals surface area contributed by atoms with Crippen molar-refractivity contribution in [3.63, 3.8) is 0 Å². The molecule has 1 unspecified atom stereocenters. The molecule has 0 aromatic heterocycles. The Kier molecular flexibility index (Phi) is 5.11. The number of carbonyl (C=O) groups excluding carboxylic acids is 2. The molecule has 1 aliphatic carbocycles. The zero-order valence-corrected chi connectivity index (χ0v) is 20.1. The maximum Gasteiger partial charge on any atom is 0.238 e. The normalized spacial score (nSPS) is 24.7. The molecule has 0 spiro atoms. The molecule has 2 heterocycles. The molecule has 0 N–H and O–H groups in total. The molecule has 3 aromatic rings. The van der Waals surface area contributed by atoms with Crippen molar-refractivity contribution in [2.24, 2.45) is 0 Å². The first kappa shape index (κ1) is 21.5. The monoisotopic (exact) mass is 452 g/mol. The van der Waals surface area contributed by atoms with Crippen molar-refractivity contribution in [3.05, 3.63) is 77.4 Å². The van der Waals surface area contributed by atoms with E-state index in [0.717, 1.165) is 43.6 Å². The summed E-state index contributed by atoms with van der Waals surface area (Å²) in [4.78, 5) is 30.9. The van der Waals surface area contributed by atoms with Gasteiger partial charge >= 0.3 is 0 Å². The quantitative estimate of drug-likeness (QED) is 0.508. The number of benzene rings is 3. The molecule has 6 rings (SSSR count). The molecule has 0 radical (unpaired) electrons. The molecular formula is C30H32N2O2. The number of para-hydroxylation sites is 1. The number of nitrogens with zero attached hydrogens (tertiary/aromatic N) is 2. The molecule has 34 heavy (non-hydrogen) atoms. The third kappa shape index (κ3) is 3.15. The highest BCUT2D eigenvalue weighted by atomic mass is 16.2. The highest BCUT2D eigenvalue weighted by Gasteiger charge is 2.50. The topological polar surface area (TPSA) is 40.6 Å². The Morgan fingerprint density at radius 2 is 1.74 bits per heavy atom. The van der Waals surface area contributed by atoms with Crippen LogP contribution in [0.2, 0.25) is 0 Å². The van der Waals surface area contributed by atoms with E-state index in [0.29, 0.717) is 18.9 Å². The van der Waals surface area contributed by atoms with Gasteiger partial charge in [0.1, 0.15) is 5.78 Å². The third-order valence-electron chi connectivity index (χ3n) is 8.49. The lowest BCUT2D eigenvalue weighted by Gasteiger charge is -2.40. The van der Waals surface area contributed by atoms with Gasteiger partial charge < -0.3 is 4.90 Å². The number of hydrogen-bond acceptors (Lipinski definition) is 3. The lowest BCUT2D eigenvalue weighted by Crippen LogP contribution is -2.50. The van der Waals surface area contributed by atoms with E-state index in [2.05, 4.69) is 47.4 Å². The first-order valence-electron chi connectivity index (χ1n) is 12.7. The summed E-state index contributed by atoms with van der Waals surface area (Å²) < 4.78 is 0. The average molecular weight is 453 g/mol. The van der Waals surface area contributed by atoms with Gasteiger partial charge in [-0.2, -0.15) is 0 Å². The fourth-order valence-electron chi connectivity index (χ4n) is 6.69. The van der Waals surface area contributed by atoms with E-state index in [-0.39, 0.29) is 17.7 Å². The van der Waals surface area contributed by atoms with Gasteiger partial charge in [0.05, 0.1) is 5.41 Å². The van der Waals surface area contributed by atoms with Gasteiger partial charge in [0, 0.05) is 43.7 Å². The summed E-state index contributed by atoms with van der Waals surface area (Å²) in [5.41, 5.74) is 4.20. The van der Waals surface area contributed by atoms with E-state index in [4.69, 9.17) is 0 Å². The molecular weight excluding hydrogens is 420 g/mol. The fraction of sp³-hybridized carbons (Fsp3) is 0.400. The van der Waals surface area contributed by atoms with Crippen molar-refractivity contribution in [1.82, 2.24) is 4.90 Å². The van der Waals surface area contributed by atoms with Crippen molar-refractivity contribution in [3.8, 4) is 0 Å². The van der Waals surface area contributed by atoms with Crippen molar-refractivity contribution in [2.75, 3.05) is 18.0 Å². The molecule has 4 heteroatoms. The van der Waals surface area contributed by atoms with Crippen LogP contribution in [0.1, 0.15) is 62.3 Å². The molecule has 2 atom stereocenters. The molecule has 3 aliphatic rings. The van der Waals surface area contributed by atoms with Crippen molar-refractivity contribution < 1.29 is 9.59 Å². The van der Waals surface area contributed by atoms with Gasteiger partial charge in [-0.15, -0.1) is 0 Å². The molecule has 3 aromatic carbocycles. The molecule has 174 valence electrons. The highest BCUT2D eigenvalue weighted by molar-refractivity contribution is 6.10. The van der Waals surface area contributed by atoms with E-state index in [1.54, 1.807) is 0 Å². The largest absolute Gasteiger partial charge is 0.308 e. The van der Waals surface area contributed by atoms with E-state index in [1.165, 1.54) is 21.9 Å². The molecule has 2 aliphatic heterocycles. The Morgan fingerprint density at radius 1 is 1.00 bits per heavy atom. The third-order valence-corrected chi connectivity index (χ3v) is 8.49. The molecule has 4 nitrogen and oxygen atoms in total. The number of Topliss-reactive ketones (excluding diaryl/α,β-unsaturated/α-hetero) is 1. The smallest absolute Gasteiger partial charge is 0.238 e. The van der Waals surface area contributed by atoms with Crippen LogP contribution in [-0.4, -0.2) is 35.7 Å². The number of rotatable bonds is 5. The summed E-state index contributed by atoms with van der Waals surface area (Å²) in [5.74, 6) is 0.254. The van der Waals surface area contributed by atoms with Gasteiger partial charge in [-0.25, -0.2) is 0 Å². The minimum Gasteiger partial charge on any atom is -0.308 e. The number of anilines is 1. The maximum absolute atomic E-state index is 13.8. The van der Waals surface area contributed by atoms with Crippen LogP contribution in [-0.2, 0) is 21.4 Å². The van der Waals surface area contributed by atoms with Crippen LogP contribution < -0.4 is 4.90 Å². The Balaban J connectivity index is 1.23. The molecule has 1 saturated heterocycles. The maximum atomic E-state index is 13.8. The van der Waals surface area contributed by atoms with Gasteiger partial charge in [0.25, 0.3) is 0 Å². The summed E-state index contributed by atoms with van der Waals surface area (Å²) >= 11 is 0. The van der Waals surface area contributed by atoms with E-state index in [1.807, 2.05) is 36.9 Å². The van der Waals surface area contributed by atoms with Crippen LogP contribution >= 0.6 is 0 Å². The fourth-order valence-corrected chi connectivity index (χ4v) is 6.69.